The molecule has 0 aliphatic rings. The van der Waals surface area contributed by atoms with Gasteiger partial charge in [-0.15, -0.1) is 0 Å². The van der Waals surface area contributed by atoms with Crippen LogP contribution in [-0.4, -0.2) is 43.0 Å². The molecule has 18 heavy (non-hydrogen) atoms. The van der Waals surface area contributed by atoms with Crippen LogP contribution in [0.5, 0.6) is 0 Å². The van der Waals surface area contributed by atoms with Crippen molar-refractivity contribution in [3.8, 4) is 0 Å². The van der Waals surface area contributed by atoms with Crippen molar-refractivity contribution in [3.63, 3.8) is 0 Å². The van der Waals surface area contributed by atoms with Crippen LogP contribution < -0.4 is 11.1 Å². The molecule has 1 atom stereocenters. The van der Waals surface area contributed by atoms with E-state index in [-0.39, 0.29) is 5.91 Å². The number of nitrogens with two attached hydrogens (primary N) is 1. The van der Waals surface area contributed by atoms with Gasteiger partial charge in [0.25, 0.3) is 0 Å². The van der Waals surface area contributed by atoms with Crippen LogP contribution >= 0.6 is 0 Å². The quantitative estimate of drug-likeness (QED) is 0.694. The number of amides is 1. The summed E-state index contributed by atoms with van der Waals surface area (Å²) in [6.45, 7) is 13.4. The van der Waals surface area contributed by atoms with Gasteiger partial charge < -0.3 is 16.0 Å². The summed E-state index contributed by atoms with van der Waals surface area (Å²) < 4.78 is 0. The molecule has 0 aliphatic heterocycles. The molecule has 0 fully saturated rings. The summed E-state index contributed by atoms with van der Waals surface area (Å²) in [5.74, 6) is -0.261. The Morgan fingerprint density at radius 2 is 1.83 bits per heavy atom. The van der Waals surface area contributed by atoms with Crippen LogP contribution in [0.4, 0.5) is 0 Å². The molecule has 108 valence electrons. The highest BCUT2D eigenvalue weighted by Gasteiger charge is 2.29. The van der Waals surface area contributed by atoms with Crippen molar-refractivity contribution in [1.29, 1.82) is 0 Å². The van der Waals surface area contributed by atoms with E-state index in [4.69, 9.17) is 5.73 Å². The van der Waals surface area contributed by atoms with E-state index in [2.05, 4.69) is 38.0 Å². The van der Waals surface area contributed by atoms with E-state index in [9.17, 15) is 4.79 Å². The molecule has 0 aromatic rings. The first kappa shape index (κ1) is 17.4. The summed E-state index contributed by atoms with van der Waals surface area (Å²) in [6.07, 6.45) is 1.75. The second-order valence-corrected chi connectivity index (χ2v) is 6.63. The average Bonchev–Trinajstić information content (AvgIpc) is 2.14. The molecular formula is C14H31N3O. The van der Waals surface area contributed by atoms with Gasteiger partial charge in [-0.1, -0.05) is 27.7 Å². The lowest BCUT2D eigenvalue weighted by Crippen LogP contribution is -2.53. The second-order valence-electron chi connectivity index (χ2n) is 6.63. The van der Waals surface area contributed by atoms with Gasteiger partial charge in [0.1, 0.15) is 0 Å². The van der Waals surface area contributed by atoms with Crippen molar-refractivity contribution in [3.05, 3.63) is 0 Å². The van der Waals surface area contributed by atoms with E-state index in [1.165, 1.54) is 0 Å². The molecule has 0 bridgehead atoms. The Hall–Kier alpha value is -0.610. The zero-order valence-corrected chi connectivity index (χ0v) is 13.0. The number of carbonyl (C=O) groups excluding carboxylic acids is 1. The number of primary amides is 1. The van der Waals surface area contributed by atoms with Crippen LogP contribution in [-0.2, 0) is 4.79 Å². The number of rotatable bonds is 8. The minimum absolute atomic E-state index is 0.261. The molecule has 0 heterocycles. The molecule has 0 radical (unpaired) electrons. The van der Waals surface area contributed by atoms with Crippen LogP contribution in [0.3, 0.4) is 0 Å². The van der Waals surface area contributed by atoms with Crippen LogP contribution in [0, 0.1) is 5.41 Å². The number of likely N-dealkylation sites (N-methyl/N-ethyl adjacent to an activating group) is 1. The summed E-state index contributed by atoms with van der Waals surface area (Å²) >= 11 is 0. The summed E-state index contributed by atoms with van der Waals surface area (Å²) in [5, 5.41) is 3.19. The SMILES string of the molecule is CCNC(C)(CCCN(C)CC(C)(C)C)C(N)=O. The van der Waals surface area contributed by atoms with Crippen molar-refractivity contribution < 1.29 is 4.79 Å². The standard InChI is InChI=1S/C14H31N3O/c1-7-16-14(5,12(15)18)9-8-10-17(6)11-13(2,3)4/h16H,7-11H2,1-6H3,(H2,15,18). The molecular weight excluding hydrogens is 226 g/mol. The number of nitrogens with zero attached hydrogens (tertiary/aromatic N) is 1. The lowest BCUT2D eigenvalue weighted by Gasteiger charge is -2.30. The van der Waals surface area contributed by atoms with Gasteiger partial charge in [0.05, 0.1) is 5.54 Å². The van der Waals surface area contributed by atoms with Gasteiger partial charge in [0.15, 0.2) is 0 Å². The van der Waals surface area contributed by atoms with Crippen LogP contribution in [0.1, 0.15) is 47.5 Å². The van der Waals surface area contributed by atoms with Gasteiger partial charge >= 0.3 is 0 Å². The summed E-state index contributed by atoms with van der Waals surface area (Å²) in [6, 6.07) is 0. The third-order valence-electron chi connectivity index (χ3n) is 3.07. The summed E-state index contributed by atoms with van der Waals surface area (Å²) in [4.78, 5) is 13.8. The zero-order valence-electron chi connectivity index (χ0n) is 13.0. The lowest BCUT2D eigenvalue weighted by molar-refractivity contribution is -0.124. The Balaban J connectivity index is 4.11. The Bertz CT molecular complexity index is 260. The predicted molar refractivity (Wildman–Crippen MR) is 77.5 cm³/mol. The minimum Gasteiger partial charge on any atom is -0.368 e. The Labute approximate surface area is 112 Å². The van der Waals surface area contributed by atoms with Crippen molar-refractivity contribution in [1.82, 2.24) is 10.2 Å². The van der Waals surface area contributed by atoms with Gasteiger partial charge in [-0.05, 0) is 45.3 Å². The smallest absolute Gasteiger partial charge is 0.237 e. The molecule has 1 amide bonds. The first-order chi connectivity index (χ1) is 8.10. The fraction of sp³-hybridized carbons (Fsp3) is 0.929. The van der Waals surface area contributed by atoms with E-state index >= 15 is 0 Å². The molecule has 0 rings (SSSR count). The van der Waals surface area contributed by atoms with E-state index < -0.39 is 5.54 Å². The van der Waals surface area contributed by atoms with Crippen molar-refractivity contribution in [2.45, 2.75) is 53.0 Å². The topological polar surface area (TPSA) is 58.4 Å². The van der Waals surface area contributed by atoms with Gasteiger partial charge in [-0.2, -0.15) is 0 Å². The van der Waals surface area contributed by atoms with Gasteiger partial charge in [-0.25, -0.2) is 0 Å². The molecule has 0 aromatic carbocycles. The maximum atomic E-state index is 11.5. The average molecular weight is 257 g/mol. The number of hydrogen-bond acceptors (Lipinski definition) is 3. The van der Waals surface area contributed by atoms with Gasteiger partial charge in [-0.3, -0.25) is 4.79 Å². The summed E-state index contributed by atoms with van der Waals surface area (Å²) in [7, 11) is 2.13. The third kappa shape index (κ3) is 6.97. The fourth-order valence-electron chi connectivity index (χ4n) is 2.28. The molecule has 0 aromatic heterocycles. The van der Waals surface area contributed by atoms with Crippen molar-refractivity contribution in [2.24, 2.45) is 11.1 Å². The summed E-state index contributed by atoms with van der Waals surface area (Å²) in [5.41, 5.74) is 5.20. The van der Waals surface area contributed by atoms with Crippen molar-refractivity contribution in [2.75, 3.05) is 26.7 Å². The monoisotopic (exact) mass is 257 g/mol. The maximum absolute atomic E-state index is 11.5. The largest absolute Gasteiger partial charge is 0.368 e. The molecule has 0 saturated heterocycles. The van der Waals surface area contributed by atoms with E-state index in [0.29, 0.717) is 5.41 Å². The molecule has 0 spiro atoms. The van der Waals surface area contributed by atoms with E-state index in [1.807, 2.05) is 13.8 Å². The minimum atomic E-state index is -0.572. The Morgan fingerprint density at radius 3 is 2.22 bits per heavy atom. The highest BCUT2D eigenvalue weighted by Crippen LogP contribution is 2.16. The first-order valence-electron chi connectivity index (χ1n) is 6.84. The fourth-order valence-corrected chi connectivity index (χ4v) is 2.28. The number of hydrogen-bond donors (Lipinski definition) is 2. The first-order valence-corrected chi connectivity index (χ1v) is 6.84. The molecule has 3 N–H and O–H groups in total. The highest BCUT2D eigenvalue weighted by molar-refractivity contribution is 5.84. The Kier molecular flexibility index (Phi) is 6.86. The molecule has 0 saturated carbocycles. The van der Waals surface area contributed by atoms with Gasteiger partial charge in [0.2, 0.25) is 5.91 Å². The zero-order chi connectivity index (χ0) is 14.4. The lowest BCUT2D eigenvalue weighted by atomic mass is 9.93. The van der Waals surface area contributed by atoms with Crippen LogP contribution in [0.25, 0.3) is 0 Å². The highest BCUT2D eigenvalue weighted by atomic mass is 16.1. The molecule has 1 unspecified atom stereocenters. The molecule has 4 heteroatoms. The van der Waals surface area contributed by atoms with Crippen molar-refractivity contribution >= 4 is 5.91 Å². The molecule has 0 aliphatic carbocycles. The maximum Gasteiger partial charge on any atom is 0.237 e. The number of carbonyl (C=O) groups is 1. The van der Waals surface area contributed by atoms with Crippen LogP contribution in [0.15, 0.2) is 0 Å². The normalized spacial score (nSPS) is 15.7. The van der Waals surface area contributed by atoms with E-state index in [1.54, 1.807) is 0 Å². The Morgan fingerprint density at radius 1 is 1.28 bits per heavy atom. The van der Waals surface area contributed by atoms with Crippen LogP contribution in [0.2, 0.25) is 0 Å². The third-order valence-corrected chi connectivity index (χ3v) is 3.07. The van der Waals surface area contributed by atoms with E-state index in [0.717, 1.165) is 32.5 Å². The second kappa shape index (κ2) is 7.10. The van der Waals surface area contributed by atoms with Gasteiger partial charge in [0, 0.05) is 6.54 Å². The molecule has 4 nitrogen and oxygen atoms in total. The number of nitrogens with one attached hydrogen (secondary N) is 1. The predicted octanol–water partition coefficient (Wildman–Crippen LogP) is 1.60.